The lowest BCUT2D eigenvalue weighted by Crippen LogP contribution is -2.26. The molecule has 2 aromatic heterocycles. The third-order valence-corrected chi connectivity index (χ3v) is 5.39. The van der Waals surface area contributed by atoms with Gasteiger partial charge in [0.05, 0.1) is 22.4 Å². The van der Waals surface area contributed by atoms with Gasteiger partial charge < -0.3 is 5.32 Å². The first-order chi connectivity index (χ1) is 12.0. The normalized spacial score (nSPS) is 12.4. The van der Waals surface area contributed by atoms with Gasteiger partial charge in [0.25, 0.3) is 5.91 Å². The first-order valence-electron chi connectivity index (χ1n) is 8.19. The lowest BCUT2D eigenvalue weighted by molar-refractivity contribution is 0.0943. The molecule has 1 atom stereocenters. The van der Waals surface area contributed by atoms with E-state index in [4.69, 9.17) is 0 Å². The van der Waals surface area contributed by atoms with Crippen LogP contribution in [-0.2, 0) is 0 Å². The molecule has 0 unspecified atom stereocenters. The fourth-order valence-electron chi connectivity index (χ4n) is 2.48. The van der Waals surface area contributed by atoms with Crippen LogP contribution in [0.2, 0.25) is 0 Å². The molecule has 130 valence electrons. The summed E-state index contributed by atoms with van der Waals surface area (Å²) in [5.74, 6) is 0.252. The molecule has 0 radical (unpaired) electrons. The number of aromatic nitrogens is 4. The molecule has 0 aliphatic heterocycles. The van der Waals surface area contributed by atoms with Crippen molar-refractivity contribution >= 4 is 17.2 Å². The molecule has 2 heterocycles. The van der Waals surface area contributed by atoms with Crippen LogP contribution in [0, 0.1) is 6.92 Å². The van der Waals surface area contributed by atoms with Gasteiger partial charge in [0, 0.05) is 5.92 Å². The Kier molecular flexibility index (Phi) is 4.94. The smallest absolute Gasteiger partial charge is 0.263 e. The second kappa shape index (κ2) is 7.14. The Labute approximate surface area is 150 Å². The zero-order valence-corrected chi connectivity index (χ0v) is 15.5. The van der Waals surface area contributed by atoms with Crippen LogP contribution in [0.5, 0.6) is 0 Å². The minimum Gasteiger partial charge on any atom is -0.345 e. The van der Waals surface area contributed by atoms with Gasteiger partial charge >= 0.3 is 0 Å². The summed E-state index contributed by atoms with van der Waals surface area (Å²) >= 11 is 1.47. The fraction of sp³-hybridized carbons (Fsp3) is 0.333. The number of benzene rings is 1. The number of nitrogens with one attached hydrogen (secondary N) is 1. The van der Waals surface area contributed by atoms with Crippen LogP contribution in [0.4, 0.5) is 0 Å². The predicted molar refractivity (Wildman–Crippen MR) is 98.2 cm³/mol. The summed E-state index contributed by atoms with van der Waals surface area (Å²) in [7, 11) is 0. The van der Waals surface area contributed by atoms with E-state index in [0.29, 0.717) is 10.8 Å². The Morgan fingerprint density at radius 1 is 1.20 bits per heavy atom. The molecule has 6 nitrogen and oxygen atoms in total. The highest BCUT2D eigenvalue weighted by molar-refractivity contribution is 7.13. The molecule has 3 rings (SSSR count). The third kappa shape index (κ3) is 3.76. The molecular formula is C18H21N5OS. The van der Waals surface area contributed by atoms with E-state index in [1.54, 1.807) is 11.0 Å². The van der Waals surface area contributed by atoms with Gasteiger partial charge in [0.1, 0.15) is 17.5 Å². The molecule has 1 amide bonds. The highest BCUT2D eigenvalue weighted by atomic mass is 32.1. The minimum atomic E-state index is -0.0960. The lowest BCUT2D eigenvalue weighted by atomic mass is 10.1. The van der Waals surface area contributed by atoms with Crippen molar-refractivity contribution < 1.29 is 4.79 Å². The quantitative estimate of drug-likeness (QED) is 0.758. The van der Waals surface area contributed by atoms with E-state index >= 15 is 0 Å². The van der Waals surface area contributed by atoms with Crippen LogP contribution in [0.25, 0.3) is 5.69 Å². The topological polar surface area (TPSA) is 72.7 Å². The van der Waals surface area contributed by atoms with Crippen molar-refractivity contribution in [2.75, 3.05) is 0 Å². The predicted octanol–water partition coefficient (Wildman–Crippen LogP) is 3.65. The molecule has 0 aliphatic carbocycles. The van der Waals surface area contributed by atoms with E-state index in [9.17, 15) is 4.79 Å². The van der Waals surface area contributed by atoms with Gasteiger partial charge in [0.15, 0.2) is 0 Å². The number of hydrogen-bond donors (Lipinski definition) is 1. The summed E-state index contributed by atoms with van der Waals surface area (Å²) in [5.41, 5.74) is 2.75. The zero-order valence-electron chi connectivity index (χ0n) is 14.7. The van der Waals surface area contributed by atoms with Crippen LogP contribution in [-0.4, -0.2) is 25.7 Å². The molecule has 3 aromatic rings. The largest absolute Gasteiger partial charge is 0.345 e. The first-order valence-corrected chi connectivity index (χ1v) is 9.00. The van der Waals surface area contributed by atoms with Gasteiger partial charge in [-0.1, -0.05) is 26.0 Å². The minimum absolute atomic E-state index is 0.0743. The maximum Gasteiger partial charge on any atom is 0.263 e. The molecule has 7 heteroatoms. The monoisotopic (exact) mass is 355 g/mol. The van der Waals surface area contributed by atoms with Crippen molar-refractivity contribution in [2.24, 2.45) is 0 Å². The van der Waals surface area contributed by atoms with E-state index in [1.807, 2.05) is 38.1 Å². The number of hydrogen-bond acceptors (Lipinski definition) is 5. The van der Waals surface area contributed by atoms with Crippen LogP contribution >= 0.6 is 11.3 Å². The summed E-state index contributed by atoms with van der Waals surface area (Å²) in [5, 5.41) is 8.16. The van der Waals surface area contributed by atoms with Gasteiger partial charge in [-0.2, -0.15) is 5.10 Å². The van der Waals surface area contributed by atoms with Gasteiger partial charge in [-0.3, -0.25) is 4.79 Å². The number of nitrogens with zero attached hydrogens (tertiary/aromatic N) is 4. The van der Waals surface area contributed by atoms with Crippen molar-refractivity contribution in [3.63, 3.8) is 0 Å². The van der Waals surface area contributed by atoms with Crippen molar-refractivity contribution in [1.29, 1.82) is 0 Å². The van der Waals surface area contributed by atoms with Crippen molar-refractivity contribution in [2.45, 2.75) is 39.7 Å². The number of carbonyl (C=O) groups excluding carboxylic acids is 1. The van der Waals surface area contributed by atoms with Crippen LogP contribution in [0.1, 0.15) is 58.7 Å². The average molecular weight is 355 g/mol. The van der Waals surface area contributed by atoms with Crippen LogP contribution in [0.3, 0.4) is 0 Å². The Balaban J connectivity index is 1.71. The highest BCUT2D eigenvalue weighted by Crippen LogP contribution is 2.25. The van der Waals surface area contributed by atoms with E-state index in [0.717, 1.165) is 22.0 Å². The number of amides is 1. The molecule has 0 aliphatic rings. The zero-order chi connectivity index (χ0) is 18.0. The summed E-state index contributed by atoms with van der Waals surface area (Å²) in [4.78, 5) is 21.7. The maximum absolute atomic E-state index is 12.6. The Morgan fingerprint density at radius 3 is 2.48 bits per heavy atom. The van der Waals surface area contributed by atoms with Crippen LogP contribution in [0.15, 0.2) is 36.9 Å². The fourth-order valence-corrected chi connectivity index (χ4v) is 3.45. The number of carbonyl (C=O) groups is 1. The SMILES string of the molecule is Cc1nc(C(C)C)sc1C(=O)N[C@@H](C)c1ccc(-n2cncn2)cc1. The average Bonchev–Trinajstić information content (AvgIpc) is 3.24. The maximum atomic E-state index is 12.6. The third-order valence-electron chi connectivity index (χ3n) is 3.94. The Morgan fingerprint density at radius 2 is 1.92 bits per heavy atom. The van der Waals surface area contributed by atoms with Gasteiger partial charge in [-0.15, -0.1) is 11.3 Å². The first kappa shape index (κ1) is 17.3. The molecule has 1 aromatic carbocycles. The standard InChI is InChI=1S/C18H21N5OS/c1-11(2)18-22-13(4)16(25-18)17(24)21-12(3)14-5-7-15(8-6-14)23-10-19-9-20-23/h5-12H,1-4H3,(H,21,24)/t12-/m0/s1. The second-order valence-electron chi connectivity index (χ2n) is 6.25. The van der Waals surface area contributed by atoms with Crippen LogP contribution < -0.4 is 5.32 Å². The van der Waals surface area contributed by atoms with Gasteiger partial charge in [-0.05, 0) is 31.5 Å². The van der Waals surface area contributed by atoms with Crippen molar-refractivity contribution in [3.05, 3.63) is 58.1 Å². The Hall–Kier alpha value is -2.54. The molecule has 1 N–H and O–H groups in total. The van der Waals surface area contributed by atoms with E-state index in [2.05, 4.69) is 34.2 Å². The number of thiazole rings is 1. The highest BCUT2D eigenvalue weighted by Gasteiger charge is 2.19. The van der Waals surface area contributed by atoms with E-state index in [-0.39, 0.29) is 11.9 Å². The van der Waals surface area contributed by atoms with Crippen molar-refractivity contribution in [3.8, 4) is 5.69 Å². The molecular weight excluding hydrogens is 334 g/mol. The Bertz CT molecular complexity index is 852. The molecule has 0 saturated heterocycles. The number of rotatable bonds is 5. The summed E-state index contributed by atoms with van der Waals surface area (Å²) in [6.45, 7) is 8.02. The molecule has 0 saturated carbocycles. The summed E-state index contributed by atoms with van der Waals surface area (Å²) in [6.07, 6.45) is 3.15. The molecule has 0 spiro atoms. The van der Waals surface area contributed by atoms with Crippen molar-refractivity contribution in [1.82, 2.24) is 25.1 Å². The molecule has 0 fully saturated rings. The lowest BCUT2D eigenvalue weighted by Gasteiger charge is -2.14. The summed E-state index contributed by atoms with van der Waals surface area (Å²) in [6, 6.07) is 7.80. The van der Waals surface area contributed by atoms with E-state index in [1.165, 1.54) is 17.7 Å². The summed E-state index contributed by atoms with van der Waals surface area (Å²) < 4.78 is 1.70. The second-order valence-corrected chi connectivity index (χ2v) is 7.28. The van der Waals surface area contributed by atoms with Gasteiger partial charge in [0.2, 0.25) is 0 Å². The molecule has 0 bridgehead atoms. The number of aryl methyl sites for hydroxylation is 1. The van der Waals surface area contributed by atoms with E-state index < -0.39 is 0 Å². The molecule has 25 heavy (non-hydrogen) atoms. The van der Waals surface area contributed by atoms with Gasteiger partial charge in [-0.25, -0.2) is 14.6 Å².